The number of furan rings is 2. The van der Waals surface area contributed by atoms with Crippen LogP contribution in [0.1, 0.15) is 18.4 Å². The third kappa shape index (κ3) is 3.89. The summed E-state index contributed by atoms with van der Waals surface area (Å²) in [5.74, 6) is 0.959. The van der Waals surface area contributed by atoms with E-state index in [1.165, 1.54) is 5.56 Å². The van der Waals surface area contributed by atoms with E-state index in [0.29, 0.717) is 0 Å². The zero-order chi connectivity index (χ0) is 17.8. The van der Waals surface area contributed by atoms with E-state index in [9.17, 15) is 4.79 Å². The van der Waals surface area contributed by atoms with Gasteiger partial charge in [0, 0.05) is 29.3 Å². The second-order valence-corrected chi connectivity index (χ2v) is 6.73. The monoisotopic (exact) mass is 350 g/mol. The quantitative estimate of drug-likeness (QED) is 0.741. The van der Waals surface area contributed by atoms with Crippen LogP contribution in [-0.2, 0) is 11.3 Å². The Kier molecular flexibility index (Phi) is 4.88. The summed E-state index contributed by atoms with van der Waals surface area (Å²) in [6, 6.07) is 13.5. The number of nitrogens with one attached hydrogen (secondary N) is 1. The second kappa shape index (κ2) is 7.62. The van der Waals surface area contributed by atoms with E-state index in [2.05, 4.69) is 10.2 Å². The van der Waals surface area contributed by atoms with E-state index in [-0.39, 0.29) is 11.8 Å². The average molecular weight is 350 g/mol. The molecular formula is C21H22N2O3. The summed E-state index contributed by atoms with van der Waals surface area (Å²) < 4.78 is 10.5. The van der Waals surface area contributed by atoms with Crippen molar-refractivity contribution in [1.82, 2.24) is 4.90 Å². The molecule has 0 bridgehead atoms. The number of piperidine rings is 1. The third-order valence-corrected chi connectivity index (χ3v) is 4.88. The summed E-state index contributed by atoms with van der Waals surface area (Å²) >= 11 is 0. The lowest BCUT2D eigenvalue weighted by Crippen LogP contribution is -2.37. The average Bonchev–Trinajstić information content (AvgIpc) is 3.37. The first-order valence-corrected chi connectivity index (χ1v) is 8.96. The van der Waals surface area contributed by atoms with Gasteiger partial charge in [-0.1, -0.05) is 12.1 Å². The molecule has 1 aliphatic rings. The van der Waals surface area contributed by atoms with Crippen LogP contribution in [0.4, 0.5) is 5.69 Å². The van der Waals surface area contributed by atoms with E-state index >= 15 is 0 Å². The zero-order valence-electron chi connectivity index (χ0n) is 14.6. The Morgan fingerprint density at radius 2 is 2.00 bits per heavy atom. The topological polar surface area (TPSA) is 58.6 Å². The molecule has 0 aliphatic carbocycles. The van der Waals surface area contributed by atoms with Gasteiger partial charge in [0.15, 0.2) is 0 Å². The molecule has 0 unspecified atom stereocenters. The van der Waals surface area contributed by atoms with Crippen LogP contribution in [0.5, 0.6) is 0 Å². The highest BCUT2D eigenvalue weighted by molar-refractivity contribution is 5.93. The molecule has 3 heterocycles. The lowest BCUT2D eigenvalue weighted by atomic mass is 9.95. The minimum Gasteiger partial charge on any atom is -0.472 e. The molecule has 4 rings (SSSR count). The standard InChI is InChI=1S/C21H22N2O3/c24-21(17-6-9-23(10-7-17)14-16-8-12-25-15-16)22-19-4-1-3-18(13-19)20-5-2-11-26-20/h1-5,8,11-13,15,17H,6-7,9-10,14H2,(H,22,24). The molecule has 5 heteroatoms. The Hall–Kier alpha value is -2.79. The number of likely N-dealkylation sites (tertiary alicyclic amines) is 1. The number of hydrogen-bond donors (Lipinski definition) is 1. The Bertz CT molecular complexity index is 832. The number of benzene rings is 1. The highest BCUT2D eigenvalue weighted by Gasteiger charge is 2.25. The van der Waals surface area contributed by atoms with Gasteiger partial charge >= 0.3 is 0 Å². The number of hydrogen-bond acceptors (Lipinski definition) is 4. The van der Waals surface area contributed by atoms with Crippen molar-refractivity contribution < 1.29 is 13.6 Å². The van der Waals surface area contributed by atoms with Gasteiger partial charge in [0.2, 0.25) is 5.91 Å². The van der Waals surface area contributed by atoms with E-state index in [1.807, 2.05) is 42.5 Å². The van der Waals surface area contributed by atoms with Crippen molar-refractivity contribution in [2.45, 2.75) is 19.4 Å². The second-order valence-electron chi connectivity index (χ2n) is 6.73. The highest BCUT2D eigenvalue weighted by Crippen LogP contribution is 2.25. The van der Waals surface area contributed by atoms with E-state index < -0.39 is 0 Å². The molecule has 26 heavy (non-hydrogen) atoms. The van der Waals surface area contributed by atoms with Gasteiger partial charge in [-0.05, 0) is 56.3 Å². The predicted molar refractivity (Wildman–Crippen MR) is 99.5 cm³/mol. The molecule has 0 radical (unpaired) electrons. The largest absolute Gasteiger partial charge is 0.472 e. The maximum Gasteiger partial charge on any atom is 0.227 e. The number of anilines is 1. The number of carbonyl (C=O) groups is 1. The fraction of sp³-hybridized carbons (Fsp3) is 0.286. The fourth-order valence-electron chi connectivity index (χ4n) is 3.43. The Morgan fingerprint density at radius 1 is 1.12 bits per heavy atom. The summed E-state index contributed by atoms with van der Waals surface area (Å²) in [6.07, 6.45) is 6.89. The molecule has 0 atom stereocenters. The Morgan fingerprint density at radius 3 is 2.73 bits per heavy atom. The van der Waals surface area contributed by atoms with Gasteiger partial charge in [0.1, 0.15) is 5.76 Å². The van der Waals surface area contributed by atoms with Crippen LogP contribution >= 0.6 is 0 Å². The fourth-order valence-corrected chi connectivity index (χ4v) is 3.43. The third-order valence-electron chi connectivity index (χ3n) is 4.88. The Labute approximate surface area is 152 Å². The van der Waals surface area contributed by atoms with Crippen molar-refractivity contribution >= 4 is 11.6 Å². The summed E-state index contributed by atoms with van der Waals surface area (Å²) in [6.45, 7) is 2.74. The van der Waals surface area contributed by atoms with Crippen molar-refractivity contribution in [2.24, 2.45) is 5.92 Å². The van der Waals surface area contributed by atoms with Crippen LogP contribution < -0.4 is 5.32 Å². The lowest BCUT2D eigenvalue weighted by molar-refractivity contribution is -0.121. The Balaban J connectivity index is 1.32. The molecular weight excluding hydrogens is 328 g/mol. The first-order valence-electron chi connectivity index (χ1n) is 8.96. The molecule has 3 aromatic rings. The summed E-state index contributed by atoms with van der Waals surface area (Å²) in [4.78, 5) is 15.0. The molecule has 134 valence electrons. The highest BCUT2D eigenvalue weighted by atomic mass is 16.3. The number of rotatable bonds is 5. The number of nitrogens with zero attached hydrogens (tertiary/aromatic N) is 1. The van der Waals surface area contributed by atoms with Gasteiger partial charge in [-0.15, -0.1) is 0 Å². The van der Waals surface area contributed by atoms with Crippen molar-refractivity contribution in [3.63, 3.8) is 0 Å². The van der Waals surface area contributed by atoms with Crippen LogP contribution in [0.25, 0.3) is 11.3 Å². The zero-order valence-corrected chi connectivity index (χ0v) is 14.6. The molecule has 1 saturated heterocycles. The molecule has 1 fully saturated rings. The molecule has 0 saturated carbocycles. The SMILES string of the molecule is O=C(Nc1cccc(-c2ccco2)c1)C1CCN(Cc2ccoc2)CC1. The molecule has 1 aromatic carbocycles. The van der Waals surface area contributed by atoms with Crippen LogP contribution in [0, 0.1) is 5.92 Å². The first kappa shape index (κ1) is 16.7. The predicted octanol–water partition coefficient (Wildman–Crippen LogP) is 4.39. The summed E-state index contributed by atoms with van der Waals surface area (Å²) in [7, 11) is 0. The minimum atomic E-state index is 0.0582. The molecule has 5 nitrogen and oxygen atoms in total. The molecule has 0 spiro atoms. The van der Waals surface area contributed by atoms with Gasteiger partial charge < -0.3 is 14.2 Å². The minimum absolute atomic E-state index is 0.0582. The summed E-state index contributed by atoms with van der Waals surface area (Å²) in [5.41, 5.74) is 2.95. The van der Waals surface area contributed by atoms with Gasteiger partial charge in [0.25, 0.3) is 0 Å². The van der Waals surface area contributed by atoms with Gasteiger partial charge in [-0.2, -0.15) is 0 Å². The molecule has 1 N–H and O–H groups in total. The smallest absolute Gasteiger partial charge is 0.227 e. The van der Waals surface area contributed by atoms with E-state index in [1.54, 1.807) is 18.8 Å². The van der Waals surface area contributed by atoms with Crippen molar-refractivity contribution in [3.8, 4) is 11.3 Å². The maximum atomic E-state index is 12.6. The number of amides is 1. The molecule has 1 aliphatic heterocycles. The summed E-state index contributed by atoms with van der Waals surface area (Å²) in [5, 5.41) is 3.06. The van der Waals surface area contributed by atoms with Gasteiger partial charge in [0.05, 0.1) is 18.8 Å². The van der Waals surface area contributed by atoms with E-state index in [0.717, 1.165) is 49.5 Å². The van der Waals surface area contributed by atoms with E-state index in [4.69, 9.17) is 8.83 Å². The first-order chi connectivity index (χ1) is 12.8. The van der Waals surface area contributed by atoms with Gasteiger partial charge in [-0.3, -0.25) is 9.69 Å². The maximum absolute atomic E-state index is 12.6. The lowest BCUT2D eigenvalue weighted by Gasteiger charge is -2.30. The van der Waals surface area contributed by atoms with Gasteiger partial charge in [-0.25, -0.2) is 0 Å². The van der Waals surface area contributed by atoms with Crippen LogP contribution in [0.3, 0.4) is 0 Å². The molecule has 1 amide bonds. The van der Waals surface area contributed by atoms with Crippen LogP contribution in [0.2, 0.25) is 0 Å². The normalized spacial score (nSPS) is 15.8. The van der Waals surface area contributed by atoms with Crippen molar-refractivity contribution in [1.29, 1.82) is 0 Å². The van der Waals surface area contributed by atoms with Crippen LogP contribution in [0.15, 0.2) is 70.1 Å². The number of carbonyl (C=O) groups excluding carboxylic acids is 1. The van der Waals surface area contributed by atoms with Crippen molar-refractivity contribution in [3.05, 3.63) is 66.8 Å². The van der Waals surface area contributed by atoms with Crippen LogP contribution in [-0.4, -0.2) is 23.9 Å². The van der Waals surface area contributed by atoms with Crippen molar-refractivity contribution in [2.75, 3.05) is 18.4 Å². The molecule has 2 aromatic heterocycles.